The molecule has 3 heterocycles. The van der Waals surface area contributed by atoms with Crippen molar-refractivity contribution in [3.8, 4) is 5.75 Å². The van der Waals surface area contributed by atoms with Crippen molar-refractivity contribution in [1.82, 2.24) is 30.0 Å². The maximum atomic E-state index is 12.9. The fourth-order valence-corrected chi connectivity index (χ4v) is 5.54. The highest BCUT2D eigenvalue weighted by Gasteiger charge is 2.38. The molecule has 3 aromatic rings. The number of H-pyrrole nitrogens is 1. The minimum Gasteiger partial charge on any atom is -0.497 e. The minimum absolute atomic E-state index is 0.0161. The number of nitrogens with one attached hydrogen (secondary N) is 2. The lowest BCUT2D eigenvalue weighted by atomic mass is 10.0. The third-order valence-electron chi connectivity index (χ3n) is 7.30. The van der Waals surface area contributed by atoms with Crippen molar-refractivity contribution in [2.45, 2.75) is 64.6 Å². The maximum absolute atomic E-state index is 12.9. The molecule has 2 aliphatic rings. The van der Waals surface area contributed by atoms with Gasteiger partial charge in [0, 0.05) is 49.2 Å². The van der Waals surface area contributed by atoms with E-state index in [9.17, 15) is 4.79 Å². The van der Waals surface area contributed by atoms with Crippen LogP contribution in [0.4, 0.5) is 0 Å². The molecule has 1 amide bonds. The second kappa shape index (κ2) is 9.17. The van der Waals surface area contributed by atoms with Crippen LogP contribution in [-0.4, -0.2) is 56.8 Å². The molecule has 1 saturated carbocycles. The van der Waals surface area contributed by atoms with E-state index in [1.165, 1.54) is 16.5 Å². The standard InChI is InChI=1S/C25H34N6O2/c1-4-31-13-18(20-11-19(33-3)9-10-23(20)31)12-30-14-21(24-26-16(2)28-29-24)22(15-30)27-25(32)17-7-5-6-8-17/h9-11,13,17,21-22H,4-8,12,14-15H2,1-3H3,(H,27,32)(H,26,28,29)/t21-,22-/m1/s1. The molecule has 2 N–H and O–H groups in total. The number of aromatic amines is 1. The van der Waals surface area contributed by atoms with E-state index in [1.54, 1.807) is 7.11 Å². The highest BCUT2D eigenvalue weighted by atomic mass is 16.5. The van der Waals surface area contributed by atoms with Crippen LogP contribution in [0.1, 0.15) is 55.7 Å². The zero-order valence-corrected chi connectivity index (χ0v) is 19.8. The molecule has 2 aromatic heterocycles. The number of methoxy groups -OCH3 is 1. The molecule has 1 aromatic carbocycles. The monoisotopic (exact) mass is 450 g/mol. The first-order chi connectivity index (χ1) is 16.1. The van der Waals surface area contributed by atoms with Crippen molar-refractivity contribution in [3.63, 3.8) is 0 Å². The Morgan fingerprint density at radius 1 is 1.27 bits per heavy atom. The number of likely N-dealkylation sites (tertiary alicyclic amines) is 1. The maximum Gasteiger partial charge on any atom is 0.223 e. The van der Waals surface area contributed by atoms with Crippen molar-refractivity contribution >= 4 is 16.8 Å². The molecular formula is C25H34N6O2. The van der Waals surface area contributed by atoms with Crippen LogP contribution in [0.15, 0.2) is 24.4 Å². The van der Waals surface area contributed by atoms with Gasteiger partial charge in [0.2, 0.25) is 5.91 Å². The molecule has 8 nitrogen and oxygen atoms in total. The number of hydrogen-bond acceptors (Lipinski definition) is 5. The SMILES string of the molecule is CCn1cc(CN2C[C@@H](NC(=O)C3CCCC3)[C@H](c3n[nH]c(C)n3)C2)c2cc(OC)ccc21. The first kappa shape index (κ1) is 21.9. The van der Waals surface area contributed by atoms with Crippen molar-refractivity contribution in [3.05, 3.63) is 41.6 Å². The Morgan fingerprint density at radius 2 is 2.09 bits per heavy atom. The third-order valence-corrected chi connectivity index (χ3v) is 7.30. The zero-order chi connectivity index (χ0) is 22.9. The largest absolute Gasteiger partial charge is 0.497 e. The van der Waals surface area contributed by atoms with Gasteiger partial charge in [-0.15, -0.1) is 0 Å². The Labute approximate surface area is 194 Å². The molecule has 2 atom stereocenters. The van der Waals surface area contributed by atoms with Gasteiger partial charge < -0.3 is 14.6 Å². The van der Waals surface area contributed by atoms with Gasteiger partial charge in [-0.05, 0) is 50.5 Å². The van der Waals surface area contributed by atoms with Crippen LogP contribution in [0.2, 0.25) is 0 Å². The summed E-state index contributed by atoms with van der Waals surface area (Å²) in [5, 5.41) is 12.0. The number of fused-ring (bicyclic) bond motifs is 1. The van der Waals surface area contributed by atoms with Crippen LogP contribution < -0.4 is 10.1 Å². The average molecular weight is 451 g/mol. The number of ether oxygens (including phenoxy) is 1. The normalized spacial score (nSPS) is 21.8. The van der Waals surface area contributed by atoms with Crippen molar-refractivity contribution < 1.29 is 9.53 Å². The van der Waals surface area contributed by atoms with Gasteiger partial charge in [-0.2, -0.15) is 5.10 Å². The summed E-state index contributed by atoms with van der Waals surface area (Å²) in [6, 6.07) is 6.30. The Hall–Kier alpha value is -2.87. The van der Waals surface area contributed by atoms with Crippen LogP contribution in [0.5, 0.6) is 5.75 Å². The summed E-state index contributed by atoms with van der Waals surface area (Å²) < 4.78 is 7.77. The van der Waals surface area contributed by atoms with Crippen molar-refractivity contribution in [2.75, 3.05) is 20.2 Å². The van der Waals surface area contributed by atoms with Gasteiger partial charge in [0.1, 0.15) is 11.6 Å². The van der Waals surface area contributed by atoms with E-state index in [2.05, 4.69) is 55.2 Å². The van der Waals surface area contributed by atoms with Crippen LogP contribution in [0, 0.1) is 12.8 Å². The lowest BCUT2D eigenvalue weighted by Gasteiger charge is -2.20. The topological polar surface area (TPSA) is 88.1 Å². The molecular weight excluding hydrogens is 416 g/mol. The summed E-state index contributed by atoms with van der Waals surface area (Å²) in [6.45, 7) is 7.42. The summed E-state index contributed by atoms with van der Waals surface area (Å²) in [5.41, 5.74) is 2.50. The van der Waals surface area contributed by atoms with E-state index in [4.69, 9.17) is 4.74 Å². The van der Waals surface area contributed by atoms with Gasteiger partial charge in [0.15, 0.2) is 5.82 Å². The van der Waals surface area contributed by atoms with Crippen LogP contribution >= 0.6 is 0 Å². The number of rotatable bonds is 7. The van der Waals surface area contributed by atoms with E-state index < -0.39 is 0 Å². The first-order valence-electron chi connectivity index (χ1n) is 12.1. The molecule has 0 unspecified atom stereocenters. The number of benzene rings is 1. The number of hydrogen-bond donors (Lipinski definition) is 2. The van der Waals surface area contributed by atoms with Gasteiger partial charge in [-0.25, -0.2) is 4.98 Å². The number of carbonyl (C=O) groups excluding carboxylic acids is 1. The molecule has 1 aliphatic carbocycles. The predicted molar refractivity (Wildman–Crippen MR) is 127 cm³/mol. The van der Waals surface area contributed by atoms with Gasteiger partial charge in [0.25, 0.3) is 0 Å². The summed E-state index contributed by atoms with van der Waals surface area (Å²) in [4.78, 5) is 20.0. The number of carbonyl (C=O) groups is 1. The summed E-state index contributed by atoms with van der Waals surface area (Å²) in [5.74, 6) is 2.91. The van der Waals surface area contributed by atoms with Crippen molar-refractivity contribution in [2.24, 2.45) is 5.92 Å². The number of aryl methyl sites for hydroxylation is 2. The quantitative estimate of drug-likeness (QED) is 0.576. The lowest BCUT2D eigenvalue weighted by molar-refractivity contribution is -0.125. The summed E-state index contributed by atoms with van der Waals surface area (Å²) >= 11 is 0. The number of nitrogens with zero attached hydrogens (tertiary/aromatic N) is 4. The molecule has 0 spiro atoms. The first-order valence-corrected chi connectivity index (χ1v) is 12.1. The van der Waals surface area contributed by atoms with Crippen LogP contribution in [0.25, 0.3) is 10.9 Å². The second-order valence-electron chi connectivity index (χ2n) is 9.50. The molecule has 5 rings (SSSR count). The number of amides is 1. The Balaban J connectivity index is 1.39. The summed E-state index contributed by atoms with van der Waals surface area (Å²) in [6.07, 6.45) is 6.57. The van der Waals surface area contributed by atoms with E-state index in [-0.39, 0.29) is 23.8 Å². The smallest absolute Gasteiger partial charge is 0.223 e. The Kier molecular flexibility index (Phi) is 6.10. The van der Waals surface area contributed by atoms with E-state index in [0.29, 0.717) is 0 Å². The van der Waals surface area contributed by atoms with E-state index >= 15 is 0 Å². The molecule has 1 saturated heterocycles. The highest BCUT2D eigenvalue weighted by molar-refractivity contribution is 5.85. The van der Waals surface area contributed by atoms with Gasteiger partial charge in [0.05, 0.1) is 19.1 Å². The predicted octanol–water partition coefficient (Wildman–Crippen LogP) is 3.37. The Bertz CT molecular complexity index is 1130. The third kappa shape index (κ3) is 4.36. The van der Waals surface area contributed by atoms with Crippen LogP contribution in [-0.2, 0) is 17.9 Å². The lowest BCUT2D eigenvalue weighted by Crippen LogP contribution is -2.42. The molecule has 8 heteroatoms. The van der Waals surface area contributed by atoms with Crippen molar-refractivity contribution in [1.29, 1.82) is 0 Å². The fraction of sp³-hybridized carbons (Fsp3) is 0.560. The van der Waals surface area contributed by atoms with Gasteiger partial charge in [-0.1, -0.05) is 12.8 Å². The summed E-state index contributed by atoms with van der Waals surface area (Å²) in [7, 11) is 1.71. The van der Waals surface area contributed by atoms with Gasteiger partial charge >= 0.3 is 0 Å². The van der Waals surface area contributed by atoms with Gasteiger partial charge in [-0.3, -0.25) is 14.8 Å². The minimum atomic E-state index is 0.0161. The Morgan fingerprint density at radius 3 is 2.79 bits per heavy atom. The van der Waals surface area contributed by atoms with E-state index in [1.807, 2.05) is 13.0 Å². The molecule has 0 bridgehead atoms. The zero-order valence-electron chi connectivity index (χ0n) is 19.8. The van der Waals surface area contributed by atoms with Crippen LogP contribution in [0.3, 0.4) is 0 Å². The molecule has 2 fully saturated rings. The highest BCUT2D eigenvalue weighted by Crippen LogP contribution is 2.32. The average Bonchev–Trinajstić information content (AvgIpc) is 3.61. The molecule has 0 radical (unpaired) electrons. The fourth-order valence-electron chi connectivity index (χ4n) is 5.54. The molecule has 33 heavy (non-hydrogen) atoms. The molecule has 176 valence electrons. The number of aromatic nitrogens is 4. The second-order valence-corrected chi connectivity index (χ2v) is 9.50. The van der Waals surface area contributed by atoms with E-state index in [0.717, 1.165) is 69.3 Å². The molecule has 1 aliphatic heterocycles.